The topological polar surface area (TPSA) is 98.7 Å². The van der Waals surface area contributed by atoms with Crippen LogP contribution in [0, 0.1) is 5.82 Å². The summed E-state index contributed by atoms with van der Waals surface area (Å²) in [5, 5.41) is 0.0994. The van der Waals surface area contributed by atoms with Crippen molar-refractivity contribution >= 4 is 51.2 Å². The monoisotopic (exact) mass is 460 g/mol. The Balaban J connectivity index is 2.46. The van der Waals surface area contributed by atoms with E-state index in [0.717, 1.165) is 0 Å². The van der Waals surface area contributed by atoms with E-state index in [4.69, 9.17) is 17.3 Å². The number of nitrogens with one attached hydrogen (secondary N) is 1. The molecule has 0 fully saturated rings. The molecule has 1 unspecified atom stereocenters. The fourth-order valence-electron chi connectivity index (χ4n) is 2.24. The summed E-state index contributed by atoms with van der Waals surface area (Å²) in [4.78, 5) is 25.3. The van der Waals surface area contributed by atoms with Crippen molar-refractivity contribution in [1.29, 1.82) is 0 Å². The van der Waals surface area contributed by atoms with Gasteiger partial charge >= 0.3 is 0 Å². The summed E-state index contributed by atoms with van der Waals surface area (Å²) in [6.45, 7) is 1.78. The van der Waals surface area contributed by atoms with E-state index in [2.05, 4.69) is 18.5 Å². The summed E-state index contributed by atoms with van der Waals surface area (Å²) >= 11 is 8.02. The third kappa shape index (κ3) is 2.82. The molecule has 124 valence electrons. The number of nitrogens with zero attached hydrogens (tertiary/aromatic N) is 4. The van der Waals surface area contributed by atoms with Crippen LogP contribution in [-0.2, 0) is 0 Å². The van der Waals surface area contributed by atoms with Gasteiger partial charge in [-0.05, 0) is 19.1 Å². The van der Waals surface area contributed by atoms with Gasteiger partial charge in [0.15, 0.2) is 5.82 Å². The molecule has 2 aromatic heterocycles. The van der Waals surface area contributed by atoms with Crippen molar-refractivity contribution in [1.82, 2.24) is 23.0 Å². The van der Waals surface area contributed by atoms with Gasteiger partial charge in [-0.3, -0.25) is 8.32 Å². The van der Waals surface area contributed by atoms with E-state index in [1.807, 2.05) is 22.9 Å². The van der Waals surface area contributed by atoms with E-state index >= 15 is 0 Å². The average molecular weight is 461 g/mol. The third-order valence-corrected chi connectivity index (χ3v) is 4.64. The average Bonchev–Trinajstić information content (AvgIpc) is 2.58. The van der Waals surface area contributed by atoms with Gasteiger partial charge in [0.1, 0.15) is 23.0 Å². The molecule has 2 heterocycles. The first-order valence-electron chi connectivity index (χ1n) is 6.78. The molecular weight excluding hydrogens is 450 g/mol. The number of rotatable bonds is 3. The fraction of sp³-hybridized carbons (Fsp3) is 0.143. The molecule has 10 heteroatoms. The van der Waals surface area contributed by atoms with Gasteiger partial charge in [-0.25, -0.2) is 23.9 Å². The number of aromatic nitrogens is 4. The number of nitrogens with two attached hydrogens (primary N) is 1. The van der Waals surface area contributed by atoms with Crippen molar-refractivity contribution in [2.45, 2.75) is 13.0 Å². The second kappa shape index (κ2) is 6.57. The molecule has 0 aliphatic heterocycles. The molecule has 0 spiro atoms. The van der Waals surface area contributed by atoms with Crippen molar-refractivity contribution < 1.29 is 4.39 Å². The van der Waals surface area contributed by atoms with Crippen LogP contribution in [0.5, 0.6) is 0 Å². The highest BCUT2D eigenvalue weighted by Crippen LogP contribution is 2.24. The van der Waals surface area contributed by atoms with Gasteiger partial charge < -0.3 is 5.73 Å². The number of hydrogen-bond acceptors (Lipinski definition) is 6. The first kappa shape index (κ1) is 17.0. The molecule has 0 radical (unpaired) electrons. The predicted octanol–water partition coefficient (Wildman–Crippen LogP) is 2.55. The largest absolute Gasteiger partial charge is 0.382 e. The van der Waals surface area contributed by atoms with Gasteiger partial charge in [0, 0.05) is 22.9 Å². The Labute approximate surface area is 154 Å². The molecule has 3 N–H and O–H groups in total. The van der Waals surface area contributed by atoms with Crippen LogP contribution in [0.2, 0.25) is 5.02 Å². The van der Waals surface area contributed by atoms with Crippen LogP contribution in [0.3, 0.4) is 0 Å². The minimum absolute atomic E-state index is 0.0142. The van der Waals surface area contributed by atoms with Crippen molar-refractivity contribution in [2.24, 2.45) is 0 Å². The number of fused-ring (bicyclic) bond motifs is 1. The Hall–Kier alpha value is -1.85. The highest BCUT2D eigenvalue weighted by Gasteiger charge is 2.21. The lowest BCUT2D eigenvalue weighted by atomic mass is 10.2. The highest BCUT2D eigenvalue weighted by atomic mass is 127. The summed E-state index contributed by atoms with van der Waals surface area (Å²) in [5.41, 5.74) is 4.93. The Bertz CT molecular complexity index is 978. The molecule has 1 atom stereocenters. The molecule has 3 aromatic rings. The number of halogens is 3. The van der Waals surface area contributed by atoms with Gasteiger partial charge in [0.25, 0.3) is 5.56 Å². The Morgan fingerprint density at radius 2 is 2.12 bits per heavy atom. The zero-order chi connectivity index (χ0) is 17.4. The molecule has 0 aliphatic rings. The van der Waals surface area contributed by atoms with Gasteiger partial charge in [-0.1, -0.05) is 11.6 Å². The van der Waals surface area contributed by atoms with Crippen LogP contribution in [0.25, 0.3) is 16.7 Å². The standard InChI is InChI=1S/C14H11ClFIN6O/c1-6(22-17)13-21-12-8(16)3-2-7(15)11(12)14(24)23(13)10-5-19-9(18)4-20-10/h2-6,22H,1H3,(H2,18,19). The summed E-state index contributed by atoms with van der Waals surface area (Å²) < 4.78 is 18.3. The van der Waals surface area contributed by atoms with Crippen LogP contribution < -0.4 is 14.8 Å². The van der Waals surface area contributed by atoms with Crippen LogP contribution in [0.4, 0.5) is 10.2 Å². The van der Waals surface area contributed by atoms with Crippen molar-refractivity contribution in [3.05, 3.63) is 51.5 Å². The van der Waals surface area contributed by atoms with E-state index in [-0.39, 0.29) is 39.4 Å². The number of benzene rings is 1. The molecule has 7 nitrogen and oxygen atoms in total. The predicted molar refractivity (Wildman–Crippen MR) is 97.9 cm³/mol. The molecule has 24 heavy (non-hydrogen) atoms. The van der Waals surface area contributed by atoms with Crippen LogP contribution in [-0.4, -0.2) is 19.5 Å². The molecular formula is C14H11ClFIN6O. The quantitative estimate of drug-likeness (QED) is 0.460. The molecule has 0 bridgehead atoms. The lowest BCUT2D eigenvalue weighted by Gasteiger charge is -2.17. The molecule has 1 aromatic carbocycles. The van der Waals surface area contributed by atoms with E-state index in [1.165, 1.54) is 29.1 Å². The summed E-state index contributed by atoms with van der Waals surface area (Å²) in [6, 6.07) is 2.14. The van der Waals surface area contributed by atoms with E-state index < -0.39 is 11.4 Å². The zero-order valence-electron chi connectivity index (χ0n) is 12.3. The Morgan fingerprint density at radius 1 is 1.38 bits per heavy atom. The lowest BCUT2D eigenvalue weighted by Crippen LogP contribution is -2.28. The van der Waals surface area contributed by atoms with Crippen molar-refractivity contribution in [3.8, 4) is 5.82 Å². The Morgan fingerprint density at radius 3 is 2.75 bits per heavy atom. The first-order valence-corrected chi connectivity index (χ1v) is 8.24. The molecule has 0 aliphatic carbocycles. The summed E-state index contributed by atoms with van der Waals surface area (Å²) in [5.74, 6) is 0.0924. The van der Waals surface area contributed by atoms with Crippen LogP contribution in [0.1, 0.15) is 18.8 Å². The van der Waals surface area contributed by atoms with Gasteiger partial charge in [-0.2, -0.15) is 0 Å². The second-order valence-electron chi connectivity index (χ2n) is 4.99. The smallest absolute Gasteiger partial charge is 0.268 e. The van der Waals surface area contributed by atoms with Crippen molar-refractivity contribution in [2.75, 3.05) is 5.73 Å². The first-order chi connectivity index (χ1) is 11.4. The van der Waals surface area contributed by atoms with E-state index in [0.29, 0.717) is 0 Å². The minimum Gasteiger partial charge on any atom is -0.382 e. The number of hydrogen-bond donors (Lipinski definition) is 2. The SMILES string of the molecule is CC(NI)c1nc2c(F)ccc(Cl)c2c(=O)n1-c1cnc(N)cn1. The fourth-order valence-corrected chi connectivity index (χ4v) is 2.75. The summed E-state index contributed by atoms with van der Waals surface area (Å²) in [7, 11) is 0. The third-order valence-electron chi connectivity index (χ3n) is 3.39. The maximum Gasteiger partial charge on any atom is 0.268 e. The zero-order valence-corrected chi connectivity index (χ0v) is 15.2. The molecule has 0 saturated carbocycles. The molecule has 0 amide bonds. The van der Waals surface area contributed by atoms with E-state index in [9.17, 15) is 9.18 Å². The maximum absolute atomic E-state index is 14.1. The summed E-state index contributed by atoms with van der Waals surface area (Å²) in [6.07, 6.45) is 2.67. The second-order valence-corrected chi connectivity index (χ2v) is 6.02. The van der Waals surface area contributed by atoms with Crippen LogP contribution in [0.15, 0.2) is 29.3 Å². The van der Waals surface area contributed by atoms with Gasteiger partial charge in [-0.15, -0.1) is 0 Å². The lowest BCUT2D eigenvalue weighted by molar-refractivity contribution is 0.626. The number of nitrogen functional groups attached to an aromatic ring is 1. The Kier molecular flexibility index (Phi) is 4.65. The minimum atomic E-state index is -0.621. The molecule has 3 rings (SSSR count). The van der Waals surface area contributed by atoms with E-state index in [1.54, 1.807) is 6.92 Å². The maximum atomic E-state index is 14.1. The van der Waals surface area contributed by atoms with Gasteiger partial charge in [0.2, 0.25) is 0 Å². The van der Waals surface area contributed by atoms with Gasteiger partial charge in [0.05, 0.1) is 28.8 Å². The molecule has 0 saturated heterocycles. The van der Waals surface area contributed by atoms with Crippen molar-refractivity contribution in [3.63, 3.8) is 0 Å². The number of anilines is 1. The highest BCUT2D eigenvalue weighted by molar-refractivity contribution is 14.1. The normalized spacial score (nSPS) is 12.5. The van der Waals surface area contributed by atoms with Crippen LogP contribution >= 0.6 is 34.5 Å².